The van der Waals surface area contributed by atoms with Crippen LogP contribution in [-0.2, 0) is 26.7 Å². The lowest BCUT2D eigenvalue weighted by Crippen LogP contribution is -2.27. The van der Waals surface area contributed by atoms with Crippen molar-refractivity contribution in [2.45, 2.75) is 37.7 Å². The van der Waals surface area contributed by atoms with E-state index >= 15 is 0 Å². The lowest BCUT2D eigenvalue weighted by Gasteiger charge is -2.27. The summed E-state index contributed by atoms with van der Waals surface area (Å²) in [6, 6.07) is 14.9. The summed E-state index contributed by atoms with van der Waals surface area (Å²) in [6.45, 7) is 5.29. The van der Waals surface area contributed by atoms with Crippen molar-refractivity contribution in [2.75, 3.05) is 11.1 Å². The second kappa shape index (κ2) is 10.1. The van der Waals surface area contributed by atoms with Crippen molar-refractivity contribution >= 4 is 44.6 Å². The van der Waals surface area contributed by atoms with E-state index in [0.29, 0.717) is 27.2 Å². The van der Waals surface area contributed by atoms with Crippen molar-refractivity contribution < 1.29 is 17.9 Å². The molecule has 0 bridgehead atoms. The van der Waals surface area contributed by atoms with Gasteiger partial charge in [0.05, 0.1) is 27.1 Å². The molecule has 1 heterocycles. The molecule has 3 aromatic rings. The van der Waals surface area contributed by atoms with Crippen LogP contribution in [0.3, 0.4) is 0 Å². The molecule has 1 amide bonds. The fourth-order valence-corrected chi connectivity index (χ4v) is 4.67. The molecule has 6 nitrogen and oxygen atoms in total. The maximum absolute atomic E-state index is 12.4. The molecule has 0 aliphatic heterocycles. The summed E-state index contributed by atoms with van der Waals surface area (Å²) in [5, 5.41) is 3.68. The second-order valence-electron chi connectivity index (χ2n) is 7.89. The SMILES string of the molecule is CCS(=O)(=O)c1ccc(CC(=O)Nc2ccc(OC(C)(C)c3ncc(Cl)cc3Cl)cc2)cc1. The van der Waals surface area contributed by atoms with Crippen LogP contribution in [0.4, 0.5) is 5.69 Å². The molecular formula is C24H24Cl2N2O4S. The second-order valence-corrected chi connectivity index (χ2v) is 11.0. The Kier molecular flexibility index (Phi) is 7.67. The Balaban J connectivity index is 1.61. The number of pyridine rings is 1. The van der Waals surface area contributed by atoms with Gasteiger partial charge >= 0.3 is 0 Å². The number of hydrogen-bond acceptors (Lipinski definition) is 5. The Bertz CT molecular complexity index is 1240. The molecule has 0 spiro atoms. The van der Waals surface area contributed by atoms with E-state index in [2.05, 4.69) is 10.3 Å². The molecule has 0 unspecified atom stereocenters. The minimum Gasteiger partial charge on any atom is -0.481 e. The van der Waals surface area contributed by atoms with Crippen LogP contribution in [0.15, 0.2) is 65.7 Å². The first kappa shape index (κ1) is 25.0. The minimum absolute atomic E-state index is 0.0347. The molecule has 33 heavy (non-hydrogen) atoms. The van der Waals surface area contributed by atoms with Gasteiger partial charge in [0, 0.05) is 11.9 Å². The van der Waals surface area contributed by atoms with Crippen molar-refractivity contribution in [2.24, 2.45) is 0 Å². The number of carbonyl (C=O) groups excluding carboxylic acids is 1. The van der Waals surface area contributed by atoms with Crippen molar-refractivity contribution in [3.63, 3.8) is 0 Å². The van der Waals surface area contributed by atoms with E-state index < -0.39 is 15.4 Å². The first-order chi connectivity index (χ1) is 15.5. The molecule has 0 atom stereocenters. The summed E-state index contributed by atoms with van der Waals surface area (Å²) in [4.78, 5) is 16.9. The van der Waals surface area contributed by atoms with E-state index in [9.17, 15) is 13.2 Å². The molecule has 3 rings (SSSR count). The molecule has 1 aromatic heterocycles. The normalized spacial score (nSPS) is 11.8. The van der Waals surface area contributed by atoms with Gasteiger partial charge in [0.1, 0.15) is 17.0 Å². The molecular weight excluding hydrogens is 483 g/mol. The van der Waals surface area contributed by atoms with Gasteiger partial charge in [-0.3, -0.25) is 9.78 Å². The predicted molar refractivity (Wildman–Crippen MR) is 131 cm³/mol. The number of anilines is 1. The van der Waals surface area contributed by atoms with Crippen LogP contribution in [0.5, 0.6) is 5.75 Å². The smallest absolute Gasteiger partial charge is 0.228 e. The summed E-state index contributed by atoms with van der Waals surface area (Å²) in [5.74, 6) is 0.401. The summed E-state index contributed by atoms with van der Waals surface area (Å²) in [7, 11) is -3.26. The Hall–Kier alpha value is -2.61. The molecule has 9 heteroatoms. The van der Waals surface area contributed by atoms with Gasteiger partial charge in [0.2, 0.25) is 5.91 Å². The number of aromatic nitrogens is 1. The molecule has 174 valence electrons. The first-order valence-corrected chi connectivity index (χ1v) is 12.6. The number of nitrogens with zero attached hydrogens (tertiary/aromatic N) is 1. The van der Waals surface area contributed by atoms with E-state index in [-0.39, 0.29) is 23.0 Å². The van der Waals surface area contributed by atoms with E-state index in [1.165, 1.54) is 18.3 Å². The highest BCUT2D eigenvalue weighted by atomic mass is 35.5. The van der Waals surface area contributed by atoms with Crippen molar-refractivity contribution in [3.8, 4) is 5.75 Å². The van der Waals surface area contributed by atoms with Gasteiger partial charge in [0.15, 0.2) is 9.84 Å². The van der Waals surface area contributed by atoms with Crippen LogP contribution in [0.25, 0.3) is 0 Å². The average molecular weight is 507 g/mol. The molecule has 1 N–H and O–H groups in total. The monoisotopic (exact) mass is 506 g/mol. The van der Waals surface area contributed by atoms with E-state index in [1.54, 1.807) is 49.4 Å². The summed E-state index contributed by atoms with van der Waals surface area (Å²) >= 11 is 12.2. The number of ether oxygens (including phenoxy) is 1. The lowest BCUT2D eigenvalue weighted by molar-refractivity contribution is -0.115. The number of rotatable bonds is 8. The van der Waals surface area contributed by atoms with Crippen molar-refractivity contribution in [3.05, 3.63) is 82.1 Å². The van der Waals surface area contributed by atoms with Crippen molar-refractivity contribution in [1.82, 2.24) is 4.98 Å². The number of benzene rings is 2. The van der Waals surface area contributed by atoms with Crippen LogP contribution in [-0.4, -0.2) is 25.1 Å². The van der Waals surface area contributed by atoms with Gasteiger partial charge < -0.3 is 10.1 Å². The summed E-state index contributed by atoms with van der Waals surface area (Å²) in [5.41, 5.74) is 1.09. The maximum Gasteiger partial charge on any atom is 0.228 e. The zero-order valence-corrected chi connectivity index (χ0v) is 20.8. The van der Waals surface area contributed by atoms with Gasteiger partial charge in [-0.15, -0.1) is 0 Å². The van der Waals surface area contributed by atoms with Gasteiger partial charge in [-0.25, -0.2) is 8.42 Å². The maximum atomic E-state index is 12.4. The van der Waals surface area contributed by atoms with E-state index in [0.717, 1.165) is 5.56 Å². The van der Waals surface area contributed by atoms with Gasteiger partial charge in [-0.05, 0) is 61.9 Å². The molecule has 0 saturated heterocycles. The number of amides is 1. The van der Waals surface area contributed by atoms with Gasteiger partial charge in [0.25, 0.3) is 0 Å². The number of hydrogen-bond donors (Lipinski definition) is 1. The Morgan fingerprint density at radius 2 is 1.70 bits per heavy atom. The first-order valence-electron chi connectivity index (χ1n) is 10.2. The molecule has 0 radical (unpaired) electrons. The number of halogens is 2. The van der Waals surface area contributed by atoms with E-state index in [4.69, 9.17) is 27.9 Å². The molecule has 0 saturated carbocycles. The molecule has 0 aliphatic rings. The quantitative estimate of drug-likeness (QED) is 0.424. The summed E-state index contributed by atoms with van der Waals surface area (Å²) < 4.78 is 29.9. The standard InChI is InChI=1S/C24H24Cl2N2O4S/c1-4-33(30,31)20-11-5-16(6-12-20)13-22(29)28-18-7-9-19(10-8-18)32-24(2,3)23-21(26)14-17(25)15-27-23/h5-12,14-15H,4,13H2,1-3H3,(H,28,29). The fourth-order valence-electron chi connectivity index (χ4n) is 3.18. The van der Waals surface area contributed by atoms with Crippen LogP contribution in [0, 0.1) is 0 Å². The summed E-state index contributed by atoms with van der Waals surface area (Å²) in [6.07, 6.45) is 1.64. The van der Waals surface area contributed by atoms with Gasteiger partial charge in [-0.1, -0.05) is 42.3 Å². The Morgan fingerprint density at radius 3 is 2.27 bits per heavy atom. The van der Waals surface area contributed by atoms with Crippen LogP contribution >= 0.6 is 23.2 Å². The average Bonchev–Trinajstić information content (AvgIpc) is 2.75. The lowest BCUT2D eigenvalue weighted by atomic mass is 10.0. The number of sulfone groups is 1. The topological polar surface area (TPSA) is 85.4 Å². The third-order valence-corrected chi connectivity index (χ3v) is 7.16. The highest BCUT2D eigenvalue weighted by Gasteiger charge is 2.27. The zero-order chi connectivity index (χ0) is 24.2. The van der Waals surface area contributed by atoms with Crippen LogP contribution < -0.4 is 10.1 Å². The van der Waals surface area contributed by atoms with Crippen molar-refractivity contribution in [1.29, 1.82) is 0 Å². The number of nitrogens with one attached hydrogen (secondary N) is 1. The fraction of sp³-hybridized carbons (Fsp3) is 0.250. The molecule has 0 fully saturated rings. The highest BCUT2D eigenvalue weighted by molar-refractivity contribution is 7.91. The highest BCUT2D eigenvalue weighted by Crippen LogP contribution is 2.32. The van der Waals surface area contributed by atoms with E-state index in [1.807, 2.05) is 13.8 Å². The zero-order valence-electron chi connectivity index (χ0n) is 18.4. The number of carbonyl (C=O) groups is 1. The molecule has 0 aliphatic carbocycles. The third kappa shape index (κ3) is 6.47. The molecule has 2 aromatic carbocycles. The van der Waals surface area contributed by atoms with Crippen LogP contribution in [0.1, 0.15) is 32.0 Å². The largest absolute Gasteiger partial charge is 0.481 e. The Labute approximate surface area is 203 Å². The Morgan fingerprint density at radius 1 is 1.06 bits per heavy atom. The minimum atomic E-state index is -3.26. The van der Waals surface area contributed by atoms with Gasteiger partial charge in [-0.2, -0.15) is 0 Å². The van der Waals surface area contributed by atoms with Crippen LogP contribution in [0.2, 0.25) is 10.0 Å². The predicted octanol–water partition coefficient (Wildman–Crippen LogP) is 5.68. The third-order valence-electron chi connectivity index (χ3n) is 4.92.